The standard InChI is InChI=1S/C22H34O6/c1-2-3-4-5-6-8-11-17(23)14-15-18(24)21-16-19(25)20(28-21)12-9-7-10-13-22(26)27/h3-4,6-9,14-15,17-21,23-25H,2,5,10-13,16H2,1H3,(H,26,27)/b4-3-,8-6-,9-7-,15-14+/t17-,18+,19-,20+,21-/m1/s1. The monoisotopic (exact) mass is 394 g/mol. The van der Waals surface area contributed by atoms with Crippen molar-refractivity contribution in [1.82, 2.24) is 0 Å². The van der Waals surface area contributed by atoms with Crippen molar-refractivity contribution < 1.29 is 30.0 Å². The van der Waals surface area contributed by atoms with E-state index in [2.05, 4.69) is 19.1 Å². The third kappa shape index (κ3) is 10.6. The first-order valence-corrected chi connectivity index (χ1v) is 9.98. The van der Waals surface area contributed by atoms with Gasteiger partial charge in [-0.3, -0.25) is 4.79 Å². The molecular formula is C22H34O6. The second-order valence-corrected chi connectivity index (χ2v) is 6.92. The lowest BCUT2D eigenvalue weighted by Gasteiger charge is -2.16. The maximum absolute atomic E-state index is 10.5. The first kappa shape index (κ1) is 24.3. The van der Waals surface area contributed by atoms with E-state index >= 15 is 0 Å². The van der Waals surface area contributed by atoms with Gasteiger partial charge in [0, 0.05) is 12.8 Å². The van der Waals surface area contributed by atoms with E-state index in [1.165, 1.54) is 6.08 Å². The quantitative estimate of drug-likeness (QED) is 0.358. The SMILES string of the molecule is CC/C=C\C/C=C\C[C@@H](O)/C=C/[C@H](O)[C@H]1C[C@@H](O)[C@H](C/C=C\CCC(=O)O)O1. The van der Waals surface area contributed by atoms with Gasteiger partial charge in [-0.15, -0.1) is 0 Å². The van der Waals surface area contributed by atoms with Crippen LogP contribution in [0.5, 0.6) is 0 Å². The Balaban J connectivity index is 2.33. The van der Waals surface area contributed by atoms with Crippen LogP contribution in [0.1, 0.15) is 51.9 Å². The molecule has 0 aromatic heterocycles. The number of hydrogen-bond donors (Lipinski definition) is 4. The van der Waals surface area contributed by atoms with Crippen molar-refractivity contribution in [1.29, 1.82) is 0 Å². The number of carboxylic acids is 1. The molecule has 1 rings (SSSR count). The minimum atomic E-state index is -0.901. The van der Waals surface area contributed by atoms with Crippen LogP contribution in [-0.4, -0.2) is 56.9 Å². The fourth-order valence-corrected chi connectivity index (χ4v) is 2.87. The molecular weight excluding hydrogens is 360 g/mol. The summed E-state index contributed by atoms with van der Waals surface area (Å²) < 4.78 is 5.71. The summed E-state index contributed by atoms with van der Waals surface area (Å²) in [7, 11) is 0. The van der Waals surface area contributed by atoms with Gasteiger partial charge in [0.2, 0.25) is 0 Å². The summed E-state index contributed by atoms with van der Waals surface area (Å²) in [6.07, 6.45) is 15.1. The van der Waals surface area contributed by atoms with Crippen molar-refractivity contribution in [3.63, 3.8) is 0 Å². The van der Waals surface area contributed by atoms with Crippen molar-refractivity contribution in [2.45, 2.75) is 82.4 Å². The van der Waals surface area contributed by atoms with E-state index in [4.69, 9.17) is 9.84 Å². The minimum Gasteiger partial charge on any atom is -0.481 e. The van der Waals surface area contributed by atoms with Gasteiger partial charge in [0.15, 0.2) is 0 Å². The zero-order chi connectivity index (χ0) is 20.8. The lowest BCUT2D eigenvalue weighted by atomic mass is 10.0. The number of aliphatic hydroxyl groups excluding tert-OH is 3. The second-order valence-electron chi connectivity index (χ2n) is 6.92. The lowest BCUT2D eigenvalue weighted by molar-refractivity contribution is -0.136. The van der Waals surface area contributed by atoms with Gasteiger partial charge < -0.3 is 25.2 Å². The van der Waals surface area contributed by atoms with Crippen molar-refractivity contribution in [2.75, 3.05) is 0 Å². The van der Waals surface area contributed by atoms with E-state index in [1.807, 2.05) is 12.2 Å². The smallest absolute Gasteiger partial charge is 0.303 e. The number of rotatable bonds is 13. The molecule has 1 fully saturated rings. The normalized spacial score (nSPS) is 25.5. The van der Waals surface area contributed by atoms with Gasteiger partial charge >= 0.3 is 5.97 Å². The highest BCUT2D eigenvalue weighted by Crippen LogP contribution is 2.26. The predicted octanol–water partition coefficient (Wildman–Crippen LogP) is 2.90. The van der Waals surface area contributed by atoms with Crippen LogP contribution in [0.25, 0.3) is 0 Å². The van der Waals surface area contributed by atoms with E-state index < -0.39 is 36.5 Å². The van der Waals surface area contributed by atoms with Crippen LogP contribution >= 0.6 is 0 Å². The Morgan fingerprint density at radius 2 is 1.86 bits per heavy atom. The summed E-state index contributed by atoms with van der Waals surface area (Å²) in [5.41, 5.74) is 0. The van der Waals surface area contributed by atoms with Crippen LogP contribution in [0, 0.1) is 0 Å². The Hall–Kier alpha value is -1.73. The van der Waals surface area contributed by atoms with Gasteiger partial charge in [-0.05, 0) is 32.1 Å². The summed E-state index contributed by atoms with van der Waals surface area (Å²) in [5.74, 6) is -0.845. The molecule has 28 heavy (non-hydrogen) atoms. The zero-order valence-electron chi connectivity index (χ0n) is 16.6. The number of aliphatic hydroxyl groups is 3. The molecule has 0 aromatic rings. The average Bonchev–Trinajstić information content (AvgIpc) is 3.03. The van der Waals surface area contributed by atoms with E-state index in [1.54, 1.807) is 18.2 Å². The van der Waals surface area contributed by atoms with Gasteiger partial charge in [-0.2, -0.15) is 0 Å². The number of ether oxygens (including phenoxy) is 1. The van der Waals surface area contributed by atoms with Crippen LogP contribution in [0.2, 0.25) is 0 Å². The number of carbonyl (C=O) groups is 1. The first-order chi connectivity index (χ1) is 13.4. The molecule has 0 radical (unpaired) electrons. The summed E-state index contributed by atoms with van der Waals surface area (Å²) in [6, 6.07) is 0. The average molecular weight is 395 g/mol. The molecule has 4 N–H and O–H groups in total. The van der Waals surface area contributed by atoms with Crippen LogP contribution in [0.4, 0.5) is 0 Å². The van der Waals surface area contributed by atoms with Crippen molar-refractivity contribution >= 4 is 5.97 Å². The minimum absolute atomic E-state index is 0.0731. The van der Waals surface area contributed by atoms with Crippen molar-refractivity contribution in [3.8, 4) is 0 Å². The third-order valence-electron chi connectivity index (χ3n) is 4.44. The number of allylic oxidation sites excluding steroid dienone is 4. The van der Waals surface area contributed by atoms with E-state index in [0.29, 0.717) is 25.7 Å². The Bertz CT molecular complexity index is 551. The molecule has 158 valence electrons. The molecule has 1 saturated heterocycles. The molecule has 5 atom stereocenters. The molecule has 0 amide bonds. The lowest BCUT2D eigenvalue weighted by Crippen LogP contribution is -2.24. The van der Waals surface area contributed by atoms with Gasteiger partial charge in [0.05, 0.1) is 30.5 Å². The van der Waals surface area contributed by atoms with Crippen LogP contribution in [0.15, 0.2) is 48.6 Å². The predicted molar refractivity (Wildman–Crippen MR) is 109 cm³/mol. The Kier molecular flexibility index (Phi) is 12.4. The Labute approximate surface area is 167 Å². The van der Waals surface area contributed by atoms with Gasteiger partial charge in [-0.1, -0.05) is 55.5 Å². The molecule has 0 unspecified atom stereocenters. The molecule has 1 aliphatic rings. The van der Waals surface area contributed by atoms with Gasteiger partial charge in [0.1, 0.15) is 0 Å². The Morgan fingerprint density at radius 1 is 1.11 bits per heavy atom. The summed E-state index contributed by atoms with van der Waals surface area (Å²) in [4.78, 5) is 10.5. The highest BCUT2D eigenvalue weighted by Gasteiger charge is 2.36. The maximum Gasteiger partial charge on any atom is 0.303 e. The summed E-state index contributed by atoms with van der Waals surface area (Å²) in [6.45, 7) is 2.08. The summed E-state index contributed by atoms with van der Waals surface area (Å²) >= 11 is 0. The number of hydrogen-bond acceptors (Lipinski definition) is 5. The third-order valence-corrected chi connectivity index (χ3v) is 4.44. The van der Waals surface area contributed by atoms with Crippen molar-refractivity contribution in [3.05, 3.63) is 48.6 Å². The molecule has 1 heterocycles. The molecule has 0 bridgehead atoms. The molecule has 0 saturated carbocycles. The number of carboxylic acid groups (broad SMARTS) is 1. The molecule has 0 spiro atoms. The molecule has 6 nitrogen and oxygen atoms in total. The largest absolute Gasteiger partial charge is 0.481 e. The molecule has 6 heteroatoms. The zero-order valence-corrected chi connectivity index (χ0v) is 16.6. The van der Waals surface area contributed by atoms with E-state index in [0.717, 1.165) is 12.8 Å². The molecule has 0 aliphatic carbocycles. The number of aliphatic carboxylic acids is 1. The van der Waals surface area contributed by atoms with Crippen LogP contribution in [-0.2, 0) is 9.53 Å². The second kappa shape index (κ2) is 14.3. The fraction of sp³-hybridized carbons (Fsp3) is 0.591. The van der Waals surface area contributed by atoms with Crippen LogP contribution in [0.3, 0.4) is 0 Å². The van der Waals surface area contributed by atoms with Gasteiger partial charge in [-0.25, -0.2) is 0 Å². The van der Waals surface area contributed by atoms with E-state index in [-0.39, 0.29) is 6.42 Å². The Morgan fingerprint density at radius 3 is 2.57 bits per heavy atom. The molecule has 0 aromatic carbocycles. The van der Waals surface area contributed by atoms with Crippen LogP contribution < -0.4 is 0 Å². The van der Waals surface area contributed by atoms with E-state index in [9.17, 15) is 20.1 Å². The highest BCUT2D eigenvalue weighted by molar-refractivity contribution is 5.66. The first-order valence-electron chi connectivity index (χ1n) is 9.98. The summed E-state index contributed by atoms with van der Waals surface area (Å²) in [5, 5.41) is 38.8. The van der Waals surface area contributed by atoms with Gasteiger partial charge in [0.25, 0.3) is 0 Å². The van der Waals surface area contributed by atoms with Crippen molar-refractivity contribution in [2.24, 2.45) is 0 Å². The fourth-order valence-electron chi connectivity index (χ4n) is 2.87. The topological polar surface area (TPSA) is 107 Å². The highest BCUT2D eigenvalue weighted by atomic mass is 16.5. The maximum atomic E-state index is 10.5. The molecule has 1 aliphatic heterocycles.